The molecule has 3 aromatic rings. The lowest BCUT2D eigenvalue weighted by Crippen LogP contribution is -1.77. The summed E-state index contributed by atoms with van der Waals surface area (Å²) >= 11 is 24.3. The summed E-state index contributed by atoms with van der Waals surface area (Å²) in [5.74, 6) is 0. The number of benzene rings is 2. The molecule has 0 unspecified atom stereocenters. The van der Waals surface area contributed by atoms with E-state index in [9.17, 15) is 0 Å². The summed E-state index contributed by atoms with van der Waals surface area (Å²) in [6.07, 6.45) is 0. The first-order valence-electron chi connectivity index (χ1n) is 4.74. The Bertz CT molecular complexity index is 745. The Morgan fingerprint density at radius 3 is 2.18 bits per heavy atom. The van der Waals surface area contributed by atoms with E-state index in [0.717, 1.165) is 5.39 Å². The predicted molar refractivity (Wildman–Crippen MR) is 73.8 cm³/mol. The molecule has 0 aliphatic heterocycles. The Morgan fingerprint density at radius 1 is 0.765 bits per heavy atom. The zero-order valence-corrected chi connectivity index (χ0v) is 11.3. The SMILES string of the molecule is Cl[13c]1[13c](Cl)[13c](Cl)[13c]2[13c](o[13c]3[13cH][13cH][13cH][13cH][13c]32)[13c]1Cl. The van der Waals surface area contributed by atoms with Crippen LogP contribution in [0.4, 0.5) is 0 Å². The lowest BCUT2D eigenvalue weighted by atomic mass is 11.1. The fraction of sp³-hybridized carbons (Fsp3) is 0. The van der Waals surface area contributed by atoms with Gasteiger partial charge in [0.2, 0.25) is 0 Å². The van der Waals surface area contributed by atoms with Gasteiger partial charge in [-0.15, -0.1) is 0 Å². The topological polar surface area (TPSA) is 13.1 Å². The van der Waals surface area contributed by atoms with Gasteiger partial charge in [0.15, 0.2) is 5.58 Å². The highest BCUT2D eigenvalue weighted by Gasteiger charge is 2.20. The molecule has 0 radical (unpaired) electrons. The van der Waals surface area contributed by atoms with E-state index in [-0.39, 0.29) is 15.1 Å². The van der Waals surface area contributed by atoms with Crippen molar-refractivity contribution < 1.29 is 4.42 Å². The standard InChI is InChI=1S/C12H4Cl4O/c13-8-7-5-3-1-2-4-6(5)17-12(7)11(16)10(15)9(8)14/h1-4H/i1+1,2+1,3+1,4+1,5+1,6+1,7+1,8+1,9+1,10+1,11+1,12+1. The number of hydrogen-bond donors (Lipinski definition) is 0. The highest BCUT2D eigenvalue weighted by atomic mass is 35.5. The van der Waals surface area contributed by atoms with E-state index in [1.807, 2.05) is 24.3 Å². The van der Waals surface area contributed by atoms with Crippen LogP contribution >= 0.6 is 46.4 Å². The maximum Gasteiger partial charge on any atom is 0.157 e. The maximum atomic E-state index is 6.19. The molecule has 0 spiro atoms. The van der Waals surface area contributed by atoms with Crippen LogP contribution in [0.25, 0.3) is 21.9 Å². The minimum absolute atomic E-state index is 0.213. The third kappa shape index (κ3) is 1.54. The Balaban J connectivity index is 2.67. The van der Waals surface area contributed by atoms with Crippen molar-refractivity contribution in [1.29, 1.82) is 0 Å². The van der Waals surface area contributed by atoms with Gasteiger partial charge < -0.3 is 4.42 Å². The molecule has 5 heteroatoms. The van der Waals surface area contributed by atoms with Crippen molar-refractivity contribution >= 4 is 68.3 Å². The van der Waals surface area contributed by atoms with Crippen LogP contribution in [0.2, 0.25) is 20.1 Å². The van der Waals surface area contributed by atoms with Gasteiger partial charge in [0, 0.05) is 10.8 Å². The van der Waals surface area contributed by atoms with Crippen LogP contribution in [0.3, 0.4) is 0 Å². The third-order valence-corrected chi connectivity index (χ3v) is 4.38. The van der Waals surface area contributed by atoms with Gasteiger partial charge in [0.1, 0.15) is 10.6 Å². The van der Waals surface area contributed by atoms with Crippen molar-refractivity contribution in [3.8, 4) is 0 Å². The Labute approximate surface area is 117 Å². The highest BCUT2D eigenvalue weighted by Crippen LogP contribution is 2.46. The van der Waals surface area contributed by atoms with Gasteiger partial charge in [-0.3, -0.25) is 0 Å². The van der Waals surface area contributed by atoms with Crippen molar-refractivity contribution in [2.24, 2.45) is 0 Å². The summed E-state index contributed by atoms with van der Waals surface area (Å²) < 4.78 is 5.64. The number of furan rings is 1. The number of hydrogen-bond acceptors (Lipinski definition) is 1. The van der Waals surface area contributed by atoms with Crippen molar-refractivity contribution in [2.75, 3.05) is 0 Å². The van der Waals surface area contributed by atoms with Crippen LogP contribution in [-0.4, -0.2) is 0 Å². The molecular weight excluding hydrogens is 314 g/mol. The maximum absolute atomic E-state index is 6.19. The molecule has 0 fully saturated rings. The number of para-hydroxylation sites is 1. The zero-order chi connectivity index (χ0) is 12.2. The summed E-state index contributed by atoms with van der Waals surface area (Å²) in [5.41, 5.74) is 1.16. The molecule has 1 aromatic heterocycles. The summed E-state index contributed by atoms with van der Waals surface area (Å²) in [7, 11) is 0. The van der Waals surface area contributed by atoms with Crippen LogP contribution in [0, 0.1) is 0 Å². The Morgan fingerprint density at radius 2 is 1.41 bits per heavy atom. The third-order valence-electron chi connectivity index (χ3n) is 2.59. The fourth-order valence-corrected chi connectivity index (χ4v) is 2.80. The first-order valence-corrected chi connectivity index (χ1v) is 6.25. The zero-order valence-electron chi connectivity index (χ0n) is 8.23. The molecule has 3 rings (SSSR count). The van der Waals surface area contributed by atoms with Gasteiger partial charge in [-0.1, -0.05) is 64.6 Å². The van der Waals surface area contributed by atoms with Gasteiger partial charge in [-0.2, -0.15) is 0 Å². The molecule has 0 N–H and O–H groups in total. The number of fused-ring (bicyclic) bond motifs is 3. The smallest absolute Gasteiger partial charge is 0.157 e. The van der Waals surface area contributed by atoms with E-state index in [2.05, 4.69) is 0 Å². The Hall–Kier alpha value is -0.600. The summed E-state index contributed by atoms with van der Waals surface area (Å²) in [6.45, 7) is 0. The van der Waals surface area contributed by atoms with E-state index in [0.29, 0.717) is 21.6 Å². The largest absolute Gasteiger partial charge is 0.454 e. The summed E-state index contributed by atoms with van der Waals surface area (Å²) in [5, 5.41) is 2.67. The van der Waals surface area contributed by atoms with Gasteiger partial charge in [-0.25, -0.2) is 0 Å². The van der Waals surface area contributed by atoms with Crippen LogP contribution in [0.1, 0.15) is 0 Å². The molecular formula is C12H4Cl4O. The van der Waals surface area contributed by atoms with Gasteiger partial charge in [-0.05, 0) is 6.07 Å². The molecule has 17 heavy (non-hydrogen) atoms. The number of halogens is 4. The first kappa shape index (κ1) is 11.5. The second-order valence-electron chi connectivity index (χ2n) is 3.56. The van der Waals surface area contributed by atoms with Crippen LogP contribution < -0.4 is 0 Å². The van der Waals surface area contributed by atoms with Crippen molar-refractivity contribution in [3.05, 3.63) is 44.4 Å². The molecule has 0 saturated carbocycles. The second-order valence-corrected chi connectivity index (χ2v) is 5.07. The summed E-state index contributed by atoms with van der Waals surface area (Å²) in [4.78, 5) is 0. The quantitative estimate of drug-likeness (QED) is 0.355. The average Bonchev–Trinajstić information content (AvgIpc) is 2.73. The normalized spacial score (nSPS) is 11.5. The van der Waals surface area contributed by atoms with Crippen molar-refractivity contribution in [1.82, 2.24) is 0 Å². The van der Waals surface area contributed by atoms with Crippen LogP contribution in [0.15, 0.2) is 28.7 Å². The van der Waals surface area contributed by atoms with Gasteiger partial charge >= 0.3 is 0 Å². The lowest BCUT2D eigenvalue weighted by Gasteiger charge is -2.03. The average molecular weight is 318 g/mol. The van der Waals surface area contributed by atoms with E-state index in [4.69, 9.17) is 50.8 Å². The van der Waals surface area contributed by atoms with Crippen molar-refractivity contribution in [3.63, 3.8) is 0 Å². The Kier molecular flexibility index (Phi) is 2.68. The minimum atomic E-state index is 0.213. The molecule has 1 nitrogen and oxygen atoms in total. The van der Waals surface area contributed by atoms with Crippen LogP contribution in [-0.2, 0) is 0 Å². The van der Waals surface area contributed by atoms with Gasteiger partial charge in [0.25, 0.3) is 0 Å². The van der Waals surface area contributed by atoms with Crippen LogP contribution in [0.5, 0.6) is 0 Å². The van der Waals surface area contributed by atoms with E-state index in [1.165, 1.54) is 0 Å². The predicted octanol–water partition coefficient (Wildman–Crippen LogP) is 6.20. The fourth-order valence-electron chi connectivity index (χ4n) is 1.82. The van der Waals surface area contributed by atoms with E-state index in [1.54, 1.807) is 0 Å². The minimum Gasteiger partial charge on any atom is -0.454 e. The molecule has 0 aliphatic carbocycles. The highest BCUT2D eigenvalue weighted by molar-refractivity contribution is 6.55. The molecule has 86 valence electrons. The number of rotatable bonds is 0. The molecule has 0 saturated heterocycles. The lowest BCUT2D eigenvalue weighted by molar-refractivity contribution is 0.669. The van der Waals surface area contributed by atoms with E-state index >= 15 is 0 Å². The molecule has 0 amide bonds. The monoisotopic (exact) mass is 316 g/mol. The van der Waals surface area contributed by atoms with Gasteiger partial charge in [0.05, 0.1) is 15.1 Å². The molecule has 0 atom stereocenters. The summed E-state index contributed by atoms with van der Waals surface area (Å²) in [6, 6.07) is 7.50. The molecule has 2 aromatic carbocycles. The second kappa shape index (κ2) is 3.96. The van der Waals surface area contributed by atoms with Crippen molar-refractivity contribution in [2.45, 2.75) is 0 Å². The molecule has 1 heterocycles. The molecule has 0 bridgehead atoms. The first-order chi connectivity index (χ1) is 8.11. The van der Waals surface area contributed by atoms with E-state index < -0.39 is 0 Å². The molecule has 0 aliphatic rings.